The SMILES string of the molecule is COc1ccc(Nc2nc(-c3ccc4c(c3)OCCO4)cs2)cc1OC. The van der Waals surface area contributed by atoms with Crippen molar-refractivity contribution in [2.24, 2.45) is 0 Å². The molecule has 134 valence electrons. The van der Waals surface area contributed by atoms with Gasteiger partial charge in [-0.05, 0) is 30.3 Å². The number of fused-ring (bicyclic) bond motifs is 1. The van der Waals surface area contributed by atoms with Crippen LogP contribution in [0.4, 0.5) is 10.8 Å². The zero-order valence-electron chi connectivity index (χ0n) is 14.4. The number of nitrogens with zero attached hydrogens (tertiary/aromatic N) is 1. The number of benzene rings is 2. The first-order valence-electron chi connectivity index (χ1n) is 8.11. The van der Waals surface area contributed by atoms with E-state index in [4.69, 9.17) is 18.9 Å². The molecule has 4 rings (SSSR count). The summed E-state index contributed by atoms with van der Waals surface area (Å²) in [4.78, 5) is 4.66. The molecule has 0 unspecified atom stereocenters. The standard InChI is InChI=1S/C19H18N2O4S/c1-22-15-6-4-13(10-17(15)23-2)20-19-21-14(11-26-19)12-3-5-16-18(9-12)25-8-7-24-16/h3-6,9-11H,7-8H2,1-2H3,(H,20,21). The Hall–Kier alpha value is -2.93. The molecule has 3 aromatic rings. The highest BCUT2D eigenvalue weighted by atomic mass is 32.1. The molecule has 0 saturated carbocycles. The zero-order chi connectivity index (χ0) is 17.9. The smallest absolute Gasteiger partial charge is 0.187 e. The predicted octanol–water partition coefficient (Wildman–Crippen LogP) is 4.34. The third-order valence-electron chi connectivity index (χ3n) is 3.98. The lowest BCUT2D eigenvalue weighted by Gasteiger charge is -2.18. The average molecular weight is 370 g/mol. The third-order valence-corrected chi connectivity index (χ3v) is 4.73. The fraction of sp³-hybridized carbons (Fsp3) is 0.211. The van der Waals surface area contributed by atoms with Crippen molar-refractivity contribution in [3.63, 3.8) is 0 Å². The van der Waals surface area contributed by atoms with Gasteiger partial charge in [-0.15, -0.1) is 11.3 Å². The van der Waals surface area contributed by atoms with Crippen LogP contribution in [0.1, 0.15) is 0 Å². The summed E-state index contributed by atoms with van der Waals surface area (Å²) in [6.07, 6.45) is 0. The highest BCUT2D eigenvalue weighted by Gasteiger charge is 2.14. The maximum atomic E-state index is 5.64. The number of hydrogen-bond donors (Lipinski definition) is 1. The molecule has 0 spiro atoms. The molecule has 1 aromatic heterocycles. The molecule has 6 nitrogen and oxygen atoms in total. The molecule has 1 aliphatic heterocycles. The molecule has 2 aromatic carbocycles. The van der Waals surface area contributed by atoms with E-state index in [1.807, 2.05) is 41.8 Å². The van der Waals surface area contributed by atoms with Crippen molar-refractivity contribution in [1.82, 2.24) is 4.98 Å². The second kappa shape index (κ2) is 7.13. The Morgan fingerprint density at radius 2 is 1.77 bits per heavy atom. The van der Waals surface area contributed by atoms with Crippen molar-refractivity contribution in [2.75, 3.05) is 32.8 Å². The fourth-order valence-electron chi connectivity index (χ4n) is 2.70. The van der Waals surface area contributed by atoms with Gasteiger partial charge in [0.1, 0.15) is 13.2 Å². The number of nitrogens with one attached hydrogen (secondary N) is 1. The van der Waals surface area contributed by atoms with Crippen LogP contribution in [0.15, 0.2) is 41.8 Å². The second-order valence-corrected chi connectivity index (χ2v) is 6.45. The predicted molar refractivity (Wildman–Crippen MR) is 101 cm³/mol. The minimum atomic E-state index is 0.569. The molecule has 2 heterocycles. The molecular weight excluding hydrogens is 352 g/mol. The molecule has 26 heavy (non-hydrogen) atoms. The van der Waals surface area contributed by atoms with E-state index in [9.17, 15) is 0 Å². The van der Waals surface area contributed by atoms with Crippen LogP contribution in [0, 0.1) is 0 Å². The number of ether oxygens (including phenoxy) is 4. The normalized spacial score (nSPS) is 12.5. The van der Waals surface area contributed by atoms with Gasteiger partial charge in [-0.3, -0.25) is 0 Å². The van der Waals surface area contributed by atoms with E-state index in [2.05, 4.69) is 10.3 Å². The highest BCUT2D eigenvalue weighted by Crippen LogP contribution is 2.36. The molecule has 1 N–H and O–H groups in total. The minimum Gasteiger partial charge on any atom is -0.493 e. The molecular formula is C19H18N2O4S. The van der Waals surface area contributed by atoms with Gasteiger partial charge in [-0.2, -0.15) is 0 Å². The summed E-state index contributed by atoms with van der Waals surface area (Å²) in [6.45, 7) is 1.15. The Labute approximate surface area is 155 Å². The van der Waals surface area contributed by atoms with Crippen LogP contribution < -0.4 is 24.3 Å². The summed E-state index contributed by atoms with van der Waals surface area (Å²) in [5.74, 6) is 2.89. The molecule has 0 radical (unpaired) electrons. The number of rotatable bonds is 5. The van der Waals surface area contributed by atoms with Crippen molar-refractivity contribution in [1.29, 1.82) is 0 Å². The molecule has 0 saturated heterocycles. The quantitative estimate of drug-likeness (QED) is 0.721. The van der Waals surface area contributed by atoms with Crippen LogP contribution in [0.2, 0.25) is 0 Å². The lowest BCUT2D eigenvalue weighted by atomic mass is 10.1. The number of methoxy groups -OCH3 is 2. The molecule has 1 aliphatic rings. The number of anilines is 2. The van der Waals surface area contributed by atoms with Crippen LogP contribution >= 0.6 is 11.3 Å². The van der Waals surface area contributed by atoms with Gasteiger partial charge in [0.05, 0.1) is 19.9 Å². The Bertz CT molecular complexity index is 926. The number of hydrogen-bond acceptors (Lipinski definition) is 7. The van der Waals surface area contributed by atoms with Crippen molar-refractivity contribution in [3.05, 3.63) is 41.8 Å². The van der Waals surface area contributed by atoms with E-state index >= 15 is 0 Å². The summed E-state index contributed by atoms with van der Waals surface area (Å²) in [5, 5.41) is 6.10. The summed E-state index contributed by atoms with van der Waals surface area (Å²) in [7, 11) is 3.23. The molecule has 7 heteroatoms. The lowest BCUT2D eigenvalue weighted by Crippen LogP contribution is -2.15. The zero-order valence-corrected chi connectivity index (χ0v) is 15.3. The maximum Gasteiger partial charge on any atom is 0.187 e. The van der Waals surface area contributed by atoms with Gasteiger partial charge < -0.3 is 24.3 Å². The summed E-state index contributed by atoms with van der Waals surface area (Å²) < 4.78 is 21.8. The Morgan fingerprint density at radius 1 is 0.962 bits per heavy atom. The molecule has 0 aliphatic carbocycles. The minimum absolute atomic E-state index is 0.569. The first kappa shape index (κ1) is 16.5. The Balaban J connectivity index is 1.55. The van der Waals surface area contributed by atoms with E-state index in [1.165, 1.54) is 11.3 Å². The summed E-state index contributed by atoms with van der Waals surface area (Å²) in [6, 6.07) is 11.5. The van der Waals surface area contributed by atoms with Gasteiger partial charge in [-0.25, -0.2) is 4.98 Å². The van der Waals surface area contributed by atoms with Crippen molar-refractivity contribution >= 4 is 22.2 Å². The molecule has 0 bridgehead atoms. The van der Waals surface area contributed by atoms with E-state index in [-0.39, 0.29) is 0 Å². The van der Waals surface area contributed by atoms with Gasteiger partial charge in [-0.1, -0.05) is 0 Å². The van der Waals surface area contributed by atoms with Gasteiger partial charge in [0.25, 0.3) is 0 Å². The van der Waals surface area contributed by atoms with Crippen LogP contribution in [0.5, 0.6) is 23.0 Å². The fourth-order valence-corrected chi connectivity index (χ4v) is 3.44. The van der Waals surface area contributed by atoms with Gasteiger partial charge in [0, 0.05) is 22.7 Å². The van der Waals surface area contributed by atoms with E-state index in [1.54, 1.807) is 14.2 Å². The number of thiazole rings is 1. The van der Waals surface area contributed by atoms with E-state index in [0.29, 0.717) is 24.7 Å². The lowest BCUT2D eigenvalue weighted by molar-refractivity contribution is 0.171. The van der Waals surface area contributed by atoms with E-state index in [0.717, 1.165) is 33.6 Å². The molecule has 0 fully saturated rings. The summed E-state index contributed by atoms with van der Waals surface area (Å²) >= 11 is 1.53. The first-order valence-corrected chi connectivity index (χ1v) is 8.99. The Morgan fingerprint density at radius 3 is 2.58 bits per heavy atom. The van der Waals surface area contributed by atoms with Crippen molar-refractivity contribution < 1.29 is 18.9 Å². The topological polar surface area (TPSA) is 61.8 Å². The third kappa shape index (κ3) is 3.25. The average Bonchev–Trinajstić information content (AvgIpc) is 3.16. The van der Waals surface area contributed by atoms with Crippen molar-refractivity contribution in [3.8, 4) is 34.3 Å². The second-order valence-electron chi connectivity index (χ2n) is 5.59. The van der Waals surface area contributed by atoms with Crippen molar-refractivity contribution in [2.45, 2.75) is 0 Å². The number of aromatic nitrogens is 1. The monoisotopic (exact) mass is 370 g/mol. The largest absolute Gasteiger partial charge is 0.493 e. The highest BCUT2D eigenvalue weighted by molar-refractivity contribution is 7.14. The van der Waals surface area contributed by atoms with Gasteiger partial charge in [0.15, 0.2) is 28.1 Å². The molecule has 0 atom stereocenters. The maximum absolute atomic E-state index is 5.64. The van der Waals surface area contributed by atoms with E-state index < -0.39 is 0 Å². The Kier molecular flexibility index (Phi) is 4.53. The molecule has 0 amide bonds. The van der Waals surface area contributed by atoms with Crippen LogP contribution in [-0.4, -0.2) is 32.4 Å². The van der Waals surface area contributed by atoms with Gasteiger partial charge in [0.2, 0.25) is 0 Å². The summed E-state index contributed by atoms with van der Waals surface area (Å²) in [5.41, 5.74) is 2.76. The van der Waals surface area contributed by atoms with Gasteiger partial charge >= 0.3 is 0 Å². The van der Waals surface area contributed by atoms with Crippen LogP contribution in [0.3, 0.4) is 0 Å². The first-order chi connectivity index (χ1) is 12.8. The van der Waals surface area contributed by atoms with Crippen LogP contribution in [-0.2, 0) is 0 Å². The van der Waals surface area contributed by atoms with Crippen LogP contribution in [0.25, 0.3) is 11.3 Å².